The maximum absolute atomic E-state index is 12.8. The van der Waals surface area contributed by atoms with Crippen LogP contribution in [0.2, 0.25) is 0 Å². The van der Waals surface area contributed by atoms with Crippen LogP contribution in [0.5, 0.6) is 17.2 Å². The van der Waals surface area contributed by atoms with Crippen LogP contribution in [-0.2, 0) is 0 Å². The molecule has 0 aliphatic rings. The molecule has 0 bridgehead atoms. The molecule has 0 unspecified atom stereocenters. The Kier molecular flexibility index (Phi) is 5.80. The van der Waals surface area contributed by atoms with E-state index in [1.54, 1.807) is 48.8 Å². The summed E-state index contributed by atoms with van der Waals surface area (Å²) in [7, 11) is 4.56. The number of fused-ring (bicyclic) bond motifs is 1. The van der Waals surface area contributed by atoms with Crippen molar-refractivity contribution in [3.8, 4) is 17.2 Å². The number of carbonyl (C=O) groups excluding carboxylic acids is 1. The number of methoxy groups -OCH3 is 3. The number of aromatic nitrogens is 3. The molecule has 31 heavy (non-hydrogen) atoms. The summed E-state index contributed by atoms with van der Waals surface area (Å²) in [6.45, 7) is 0. The number of hydrogen-bond acceptors (Lipinski definition) is 9. The maximum atomic E-state index is 12.8. The van der Waals surface area contributed by atoms with E-state index in [0.717, 1.165) is 10.2 Å². The highest BCUT2D eigenvalue weighted by atomic mass is 32.1. The Labute approximate surface area is 182 Å². The lowest BCUT2D eigenvalue weighted by Gasteiger charge is -2.14. The average molecular weight is 437 g/mol. The van der Waals surface area contributed by atoms with Crippen molar-refractivity contribution in [2.24, 2.45) is 0 Å². The number of amides is 1. The number of nitrogens with zero attached hydrogens (tertiary/aromatic N) is 3. The molecule has 9 nitrogen and oxygen atoms in total. The molecule has 0 atom stereocenters. The van der Waals surface area contributed by atoms with E-state index < -0.39 is 0 Å². The number of rotatable bonds is 7. The Bertz CT molecular complexity index is 1200. The SMILES string of the molecule is COc1cc(NC(=O)c2ccc3nc(Nc4ncccn4)sc3c2)cc(OC)c1OC. The molecule has 2 aromatic carbocycles. The largest absolute Gasteiger partial charge is 0.493 e. The Morgan fingerprint density at radius 3 is 2.32 bits per heavy atom. The zero-order valence-electron chi connectivity index (χ0n) is 17.0. The van der Waals surface area contributed by atoms with Gasteiger partial charge in [-0.05, 0) is 24.3 Å². The topological polar surface area (TPSA) is 107 Å². The molecule has 4 aromatic rings. The van der Waals surface area contributed by atoms with Gasteiger partial charge in [0.15, 0.2) is 16.6 Å². The molecular formula is C21H19N5O4S. The van der Waals surface area contributed by atoms with E-state index in [2.05, 4.69) is 25.6 Å². The first kappa shape index (κ1) is 20.4. The highest BCUT2D eigenvalue weighted by Gasteiger charge is 2.16. The van der Waals surface area contributed by atoms with Gasteiger partial charge < -0.3 is 24.8 Å². The van der Waals surface area contributed by atoms with Gasteiger partial charge in [0.2, 0.25) is 11.7 Å². The van der Waals surface area contributed by atoms with Gasteiger partial charge in [0.1, 0.15) is 0 Å². The summed E-state index contributed by atoms with van der Waals surface area (Å²) in [5.74, 6) is 1.55. The lowest BCUT2D eigenvalue weighted by atomic mass is 10.2. The van der Waals surface area contributed by atoms with Crippen LogP contribution in [0.1, 0.15) is 10.4 Å². The van der Waals surface area contributed by atoms with Gasteiger partial charge in [-0.2, -0.15) is 0 Å². The van der Waals surface area contributed by atoms with Crippen molar-refractivity contribution in [2.45, 2.75) is 0 Å². The van der Waals surface area contributed by atoms with E-state index in [-0.39, 0.29) is 5.91 Å². The van der Waals surface area contributed by atoms with Crippen LogP contribution in [0.4, 0.5) is 16.8 Å². The van der Waals surface area contributed by atoms with Crippen LogP contribution >= 0.6 is 11.3 Å². The molecule has 2 aromatic heterocycles. The van der Waals surface area contributed by atoms with Gasteiger partial charge in [0.05, 0.1) is 31.5 Å². The van der Waals surface area contributed by atoms with Gasteiger partial charge in [-0.15, -0.1) is 0 Å². The Morgan fingerprint density at radius 1 is 0.968 bits per heavy atom. The van der Waals surface area contributed by atoms with Crippen LogP contribution < -0.4 is 24.8 Å². The molecule has 158 valence electrons. The van der Waals surface area contributed by atoms with E-state index in [9.17, 15) is 4.79 Å². The summed E-state index contributed by atoms with van der Waals surface area (Å²) in [5.41, 5.74) is 1.78. The van der Waals surface area contributed by atoms with Crippen LogP contribution in [0.3, 0.4) is 0 Å². The number of anilines is 3. The van der Waals surface area contributed by atoms with Gasteiger partial charge in [-0.1, -0.05) is 11.3 Å². The Morgan fingerprint density at radius 2 is 1.68 bits per heavy atom. The van der Waals surface area contributed by atoms with Crippen LogP contribution in [0.25, 0.3) is 10.2 Å². The average Bonchev–Trinajstić information content (AvgIpc) is 3.20. The smallest absolute Gasteiger partial charge is 0.255 e. The van der Waals surface area contributed by atoms with Crippen molar-refractivity contribution in [1.29, 1.82) is 0 Å². The predicted molar refractivity (Wildman–Crippen MR) is 119 cm³/mol. The summed E-state index contributed by atoms with van der Waals surface area (Å²) >= 11 is 1.41. The van der Waals surface area contributed by atoms with Gasteiger partial charge in [-0.3, -0.25) is 4.79 Å². The van der Waals surface area contributed by atoms with E-state index in [1.807, 2.05) is 0 Å². The molecule has 2 heterocycles. The van der Waals surface area contributed by atoms with Crippen LogP contribution in [0, 0.1) is 0 Å². The fourth-order valence-corrected chi connectivity index (χ4v) is 3.83. The second-order valence-electron chi connectivity index (χ2n) is 6.27. The maximum Gasteiger partial charge on any atom is 0.255 e. The van der Waals surface area contributed by atoms with E-state index in [0.29, 0.717) is 39.6 Å². The van der Waals surface area contributed by atoms with Crippen LogP contribution in [0.15, 0.2) is 48.8 Å². The monoisotopic (exact) mass is 437 g/mol. The second kappa shape index (κ2) is 8.84. The predicted octanol–water partition coefficient (Wildman–Crippen LogP) is 4.11. The van der Waals surface area contributed by atoms with Crippen LogP contribution in [-0.4, -0.2) is 42.2 Å². The highest BCUT2D eigenvalue weighted by Crippen LogP contribution is 2.40. The molecule has 0 aliphatic carbocycles. The lowest BCUT2D eigenvalue weighted by Crippen LogP contribution is -2.12. The van der Waals surface area contributed by atoms with E-state index in [1.165, 1.54) is 32.7 Å². The quantitative estimate of drug-likeness (QED) is 0.445. The molecule has 2 N–H and O–H groups in total. The van der Waals surface area contributed by atoms with Gasteiger partial charge in [0, 0.05) is 35.8 Å². The minimum absolute atomic E-state index is 0.273. The third-order valence-electron chi connectivity index (χ3n) is 4.36. The lowest BCUT2D eigenvalue weighted by molar-refractivity contribution is 0.102. The first-order valence-corrected chi connectivity index (χ1v) is 9.99. The summed E-state index contributed by atoms with van der Waals surface area (Å²) in [4.78, 5) is 25.6. The fourth-order valence-electron chi connectivity index (χ4n) is 2.94. The van der Waals surface area contributed by atoms with Crippen molar-refractivity contribution in [1.82, 2.24) is 15.0 Å². The molecule has 1 amide bonds. The van der Waals surface area contributed by atoms with Crippen molar-refractivity contribution >= 4 is 44.2 Å². The third kappa shape index (κ3) is 4.33. The summed E-state index contributed by atoms with van der Waals surface area (Å²) in [5, 5.41) is 6.57. The van der Waals surface area contributed by atoms with Crippen molar-refractivity contribution in [2.75, 3.05) is 32.0 Å². The number of thiazole rings is 1. The highest BCUT2D eigenvalue weighted by molar-refractivity contribution is 7.22. The summed E-state index contributed by atoms with van der Waals surface area (Å²) in [6, 6.07) is 10.4. The standard InChI is InChI=1S/C21H19N5O4S/c1-28-15-10-13(11-16(29-2)18(15)30-3)24-19(27)12-5-6-14-17(9-12)31-21(25-14)26-20-22-7-4-8-23-20/h4-11H,1-3H3,(H,24,27)(H,22,23,25,26). The number of ether oxygens (including phenoxy) is 3. The van der Waals surface area contributed by atoms with Crippen molar-refractivity contribution in [3.63, 3.8) is 0 Å². The molecule has 4 rings (SSSR count). The third-order valence-corrected chi connectivity index (χ3v) is 5.29. The number of benzene rings is 2. The number of nitrogens with one attached hydrogen (secondary N) is 2. The van der Waals surface area contributed by atoms with Gasteiger partial charge >= 0.3 is 0 Å². The van der Waals surface area contributed by atoms with Crippen molar-refractivity contribution in [3.05, 3.63) is 54.4 Å². The molecule has 0 aliphatic heterocycles. The zero-order chi connectivity index (χ0) is 21.8. The first-order valence-electron chi connectivity index (χ1n) is 9.17. The number of hydrogen-bond donors (Lipinski definition) is 2. The minimum atomic E-state index is -0.273. The second-order valence-corrected chi connectivity index (χ2v) is 7.30. The minimum Gasteiger partial charge on any atom is -0.493 e. The molecule has 0 spiro atoms. The van der Waals surface area contributed by atoms with E-state index >= 15 is 0 Å². The summed E-state index contributed by atoms with van der Waals surface area (Å²) < 4.78 is 16.8. The summed E-state index contributed by atoms with van der Waals surface area (Å²) in [6.07, 6.45) is 3.29. The molecule has 10 heteroatoms. The van der Waals surface area contributed by atoms with E-state index in [4.69, 9.17) is 14.2 Å². The number of carbonyl (C=O) groups is 1. The van der Waals surface area contributed by atoms with Crippen molar-refractivity contribution < 1.29 is 19.0 Å². The molecule has 0 saturated heterocycles. The molecule has 0 radical (unpaired) electrons. The van der Waals surface area contributed by atoms with Gasteiger partial charge in [0.25, 0.3) is 5.91 Å². The molecule has 0 saturated carbocycles. The Balaban J connectivity index is 1.56. The Hall–Kier alpha value is -3.92. The zero-order valence-corrected chi connectivity index (χ0v) is 17.8. The molecular weight excluding hydrogens is 418 g/mol. The normalized spacial score (nSPS) is 10.5. The molecule has 0 fully saturated rings. The fraction of sp³-hybridized carbons (Fsp3) is 0.143. The first-order chi connectivity index (χ1) is 15.1. The van der Waals surface area contributed by atoms with Gasteiger partial charge in [-0.25, -0.2) is 15.0 Å².